The lowest BCUT2D eigenvalue weighted by molar-refractivity contribution is 0.0951. The summed E-state index contributed by atoms with van der Waals surface area (Å²) < 4.78 is 15.3. The molecule has 1 heterocycles. The Labute approximate surface area is 212 Å². The normalized spacial score (nSPS) is 11.1. The number of Topliss-reactive ketones (excluding diaryl/α,β-unsaturated/α-hetero) is 1. The van der Waals surface area contributed by atoms with Crippen LogP contribution in [0.5, 0.6) is 0 Å². The molecule has 3 aromatic carbocycles. The van der Waals surface area contributed by atoms with Crippen LogP contribution in [0.15, 0.2) is 82.7 Å². The van der Waals surface area contributed by atoms with Crippen molar-refractivity contribution in [3.8, 4) is 5.69 Å². The summed E-state index contributed by atoms with van der Waals surface area (Å²) in [7, 11) is 0. The van der Waals surface area contributed by atoms with Crippen molar-refractivity contribution in [2.45, 2.75) is 25.4 Å². The van der Waals surface area contributed by atoms with Crippen molar-refractivity contribution in [2.75, 3.05) is 12.3 Å². The SMILES string of the molecule is CC(C)CCNC(=O)c1ccc2c(=O)n(-c3cccc(F)c3)c(SCC(=O)c3ccccc3)nc2c1. The molecule has 6 nitrogen and oxygen atoms in total. The number of nitrogens with zero attached hydrogens (tertiary/aromatic N) is 2. The van der Waals surface area contributed by atoms with Gasteiger partial charge in [-0.25, -0.2) is 9.37 Å². The number of nitrogens with one attached hydrogen (secondary N) is 1. The maximum absolute atomic E-state index is 14.0. The Morgan fingerprint density at radius 2 is 1.78 bits per heavy atom. The van der Waals surface area contributed by atoms with Gasteiger partial charge in [0.25, 0.3) is 11.5 Å². The van der Waals surface area contributed by atoms with E-state index in [1.165, 1.54) is 22.8 Å². The second-order valence-corrected chi connectivity index (χ2v) is 9.71. The van der Waals surface area contributed by atoms with Crippen molar-refractivity contribution in [1.82, 2.24) is 14.9 Å². The molecule has 0 fully saturated rings. The quantitative estimate of drug-likeness (QED) is 0.191. The van der Waals surface area contributed by atoms with E-state index >= 15 is 0 Å². The Morgan fingerprint density at radius 3 is 2.50 bits per heavy atom. The third-order valence-electron chi connectivity index (χ3n) is 5.60. The Morgan fingerprint density at radius 1 is 1.00 bits per heavy atom. The fourth-order valence-electron chi connectivity index (χ4n) is 3.66. The summed E-state index contributed by atoms with van der Waals surface area (Å²) in [6.45, 7) is 4.71. The Bertz CT molecular complexity index is 1470. The zero-order valence-electron chi connectivity index (χ0n) is 20.0. The first-order valence-electron chi connectivity index (χ1n) is 11.7. The van der Waals surface area contributed by atoms with Gasteiger partial charge in [-0.05, 0) is 48.7 Å². The summed E-state index contributed by atoms with van der Waals surface area (Å²) in [4.78, 5) is 43.5. The van der Waals surface area contributed by atoms with E-state index in [9.17, 15) is 18.8 Å². The summed E-state index contributed by atoms with van der Waals surface area (Å²) >= 11 is 1.09. The minimum Gasteiger partial charge on any atom is -0.352 e. The first-order chi connectivity index (χ1) is 17.3. The predicted octanol–water partition coefficient (Wildman–Crippen LogP) is 5.28. The van der Waals surface area contributed by atoms with Gasteiger partial charge in [0.1, 0.15) is 5.82 Å². The Balaban J connectivity index is 1.73. The third kappa shape index (κ3) is 5.88. The van der Waals surface area contributed by atoms with Crippen LogP contribution in [0.3, 0.4) is 0 Å². The highest BCUT2D eigenvalue weighted by molar-refractivity contribution is 7.99. The lowest BCUT2D eigenvalue weighted by atomic mass is 10.1. The highest BCUT2D eigenvalue weighted by Gasteiger charge is 2.17. The van der Waals surface area contributed by atoms with Crippen LogP contribution >= 0.6 is 11.8 Å². The number of fused-ring (bicyclic) bond motifs is 1. The third-order valence-corrected chi connectivity index (χ3v) is 6.54. The van der Waals surface area contributed by atoms with Crippen molar-refractivity contribution >= 4 is 34.4 Å². The topological polar surface area (TPSA) is 81.1 Å². The first-order valence-corrected chi connectivity index (χ1v) is 12.6. The smallest absolute Gasteiger partial charge is 0.266 e. The van der Waals surface area contributed by atoms with Crippen LogP contribution in [0.4, 0.5) is 4.39 Å². The molecule has 0 aliphatic heterocycles. The molecule has 0 saturated carbocycles. The van der Waals surface area contributed by atoms with Crippen LogP contribution in [0, 0.1) is 11.7 Å². The fraction of sp³-hybridized carbons (Fsp3) is 0.214. The highest BCUT2D eigenvalue weighted by atomic mass is 32.2. The van der Waals surface area contributed by atoms with Gasteiger partial charge < -0.3 is 5.32 Å². The molecule has 8 heteroatoms. The lowest BCUT2D eigenvalue weighted by Gasteiger charge is -2.14. The molecule has 4 aromatic rings. The molecule has 4 rings (SSSR count). The summed E-state index contributed by atoms with van der Waals surface area (Å²) in [6, 6.07) is 19.2. The summed E-state index contributed by atoms with van der Waals surface area (Å²) in [5, 5.41) is 3.41. The van der Waals surface area contributed by atoms with E-state index in [2.05, 4.69) is 24.1 Å². The van der Waals surface area contributed by atoms with Crippen molar-refractivity contribution in [3.63, 3.8) is 0 Å². The van der Waals surface area contributed by atoms with E-state index in [1.807, 2.05) is 6.07 Å². The molecule has 0 spiro atoms. The van der Waals surface area contributed by atoms with Gasteiger partial charge in [0.2, 0.25) is 0 Å². The van der Waals surface area contributed by atoms with Gasteiger partial charge >= 0.3 is 0 Å². The zero-order valence-corrected chi connectivity index (χ0v) is 20.8. The number of benzene rings is 3. The zero-order chi connectivity index (χ0) is 25.7. The molecule has 0 radical (unpaired) electrons. The van der Waals surface area contributed by atoms with Gasteiger partial charge in [-0.3, -0.25) is 19.0 Å². The molecule has 0 saturated heterocycles. The van der Waals surface area contributed by atoms with Gasteiger partial charge in [-0.2, -0.15) is 0 Å². The first kappa shape index (κ1) is 25.3. The van der Waals surface area contributed by atoms with Crippen LogP contribution in [0.1, 0.15) is 41.0 Å². The van der Waals surface area contributed by atoms with E-state index in [4.69, 9.17) is 0 Å². The molecule has 1 N–H and O–H groups in total. The summed E-state index contributed by atoms with van der Waals surface area (Å²) in [5.74, 6) is -0.375. The number of amides is 1. The number of thioether (sulfide) groups is 1. The monoisotopic (exact) mass is 503 g/mol. The average Bonchev–Trinajstić information content (AvgIpc) is 2.87. The predicted molar refractivity (Wildman–Crippen MR) is 141 cm³/mol. The standard InChI is InChI=1S/C28H26FN3O3S/c1-18(2)13-14-30-26(34)20-11-12-23-24(15-20)31-28(36-17-25(33)19-7-4-3-5-8-19)32(27(23)35)22-10-6-9-21(29)16-22/h3-12,15-16,18H,13-14,17H2,1-2H3,(H,30,34). The number of hydrogen-bond donors (Lipinski definition) is 1. The molecule has 184 valence electrons. The molecule has 0 aliphatic rings. The van der Waals surface area contributed by atoms with E-state index in [-0.39, 0.29) is 28.0 Å². The molecule has 0 bridgehead atoms. The van der Waals surface area contributed by atoms with Gasteiger partial charge in [-0.15, -0.1) is 0 Å². The Kier molecular flexibility index (Phi) is 7.95. The maximum Gasteiger partial charge on any atom is 0.266 e. The maximum atomic E-state index is 14.0. The number of carbonyl (C=O) groups is 2. The van der Waals surface area contributed by atoms with Gasteiger partial charge in [0, 0.05) is 17.7 Å². The average molecular weight is 504 g/mol. The Hall–Kier alpha value is -3.78. The number of aromatic nitrogens is 2. The van der Waals surface area contributed by atoms with Crippen LogP contribution < -0.4 is 10.9 Å². The largest absolute Gasteiger partial charge is 0.352 e. The van der Waals surface area contributed by atoms with Crippen LogP contribution in [-0.4, -0.2) is 33.5 Å². The minimum atomic E-state index is -0.496. The fourth-order valence-corrected chi connectivity index (χ4v) is 4.57. The molecule has 36 heavy (non-hydrogen) atoms. The summed E-state index contributed by atoms with van der Waals surface area (Å²) in [5.41, 5.74) is 1.16. The molecule has 0 aliphatic carbocycles. The van der Waals surface area contributed by atoms with Gasteiger partial charge in [0.05, 0.1) is 22.3 Å². The molecule has 0 atom stereocenters. The van der Waals surface area contributed by atoms with Crippen LogP contribution in [0.25, 0.3) is 16.6 Å². The van der Waals surface area contributed by atoms with Gasteiger partial charge in [-0.1, -0.05) is 62.0 Å². The number of carbonyl (C=O) groups excluding carboxylic acids is 2. The molecule has 1 amide bonds. The van der Waals surface area contributed by atoms with E-state index in [0.29, 0.717) is 34.8 Å². The van der Waals surface area contributed by atoms with Crippen LogP contribution in [0.2, 0.25) is 0 Å². The molecule has 1 aromatic heterocycles. The van der Waals surface area contributed by atoms with Crippen molar-refractivity contribution in [2.24, 2.45) is 5.92 Å². The van der Waals surface area contributed by atoms with Crippen molar-refractivity contribution < 1.29 is 14.0 Å². The number of ketones is 1. The second kappa shape index (κ2) is 11.3. The highest BCUT2D eigenvalue weighted by Crippen LogP contribution is 2.23. The van der Waals surface area contributed by atoms with Gasteiger partial charge in [0.15, 0.2) is 10.9 Å². The van der Waals surface area contributed by atoms with Crippen LogP contribution in [-0.2, 0) is 0 Å². The molecular formula is C28H26FN3O3S. The van der Waals surface area contributed by atoms with Crippen molar-refractivity contribution in [3.05, 3.63) is 100 Å². The van der Waals surface area contributed by atoms with E-state index < -0.39 is 11.4 Å². The van der Waals surface area contributed by atoms with E-state index in [1.54, 1.807) is 48.5 Å². The summed E-state index contributed by atoms with van der Waals surface area (Å²) in [6.07, 6.45) is 0.853. The van der Waals surface area contributed by atoms with Crippen molar-refractivity contribution in [1.29, 1.82) is 0 Å². The molecule has 0 unspecified atom stereocenters. The number of hydrogen-bond acceptors (Lipinski definition) is 5. The molecular weight excluding hydrogens is 477 g/mol. The minimum absolute atomic E-state index is 0.0344. The van der Waals surface area contributed by atoms with E-state index in [0.717, 1.165) is 18.2 Å². The number of rotatable bonds is 9. The number of halogens is 1. The lowest BCUT2D eigenvalue weighted by Crippen LogP contribution is -2.26. The second-order valence-electron chi connectivity index (χ2n) is 8.76.